The van der Waals surface area contributed by atoms with E-state index >= 15 is 0 Å². The van der Waals surface area contributed by atoms with Crippen molar-refractivity contribution in [1.29, 1.82) is 0 Å². The van der Waals surface area contributed by atoms with Crippen molar-refractivity contribution < 1.29 is 0 Å². The van der Waals surface area contributed by atoms with Gasteiger partial charge < -0.3 is 10.6 Å². The van der Waals surface area contributed by atoms with Crippen LogP contribution in [0.1, 0.15) is 36.8 Å². The highest BCUT2D eigenvalue weighted by Crippen LogP contribution is 2.38. The Balaban J connectivity index is 1.96. The number of pyridine rings is 1. The smallest absolute Gasteiger partial charge is 0.139 e. The average molecular weight is 261 g/mol. The first kappa shape index (κ1) is 11.9. The van der Waals surface area contributed by atoms with E-state index < -0.39 is 0 Å². The van der Waals surface area contributed by atoms with Gasteiger partial charge in [-0.15, -0.1) is 0 Å². The Morgan fingerprint density at radius 1 is 1.44 bits per heavy atom. The second-order valence-electron chi connectivity index (χ2n) is 5.52. The van der Waals surface area contributed by atoms with Crippen molar-refractivity contribution >= 4 is 23.0 Å². The van der Waals surface area contributed by atoms with Gasteiger partial charge in [0.2, 0.25) is 0 Å². The van der Waals surface area contributed by atoms with Crippen LogP contribution in [0.3, 0.4) is 0 Å². The van der Waals surface area contributed by atoms with Crippen LogP contribution in [0.5, 0.6) is 0 Å². The van der Waals surface area contributed by atoms with Gasteiger partial charge in [-0.1, -0.05) is 12.2 Å². The van der Waals surface area contributed by atoms with Crippen LogP contribution in [0, 0.1) is 12.8 Å². The number of anilines is 1. The second-order valence-corrected chi connectivity index (χ2v) is 5.96. The van der Waals surface area contributed by atoms with E-state index in [1.165, 1.54) is 25.7 Å². The minimum absolute atomic E-state index is 0.469. The molecule has 2 aliphatic carbocycles. The van der Waals surface area contributed by atoms with Crippen LogP contribution in [0.25, 0.3) is 0 Å². The van der Waals surface area contributed by atoms with Crippen molar-refractivity contribution in [2.24, 2.45) is 11.7 Å². The van der Waals surface area contributed by atoms with Gasteiger partial charge >= 0.3 is 0 Å². The van der Waals surface area contributed by atoms with Crippen LogP contribution in [-0.2, 0) is 0 Å². The highest BCUT2D eigenvalue weighted by atomic mass is 32.1. The summed E-state index contributed by atoms with van der Waals surface area (Å²) < 4.78 is 0. The van der Waals surface area contributed by atoms with E-state index in [0.717, 1.165) is 29.4 Å². The molecule has 0 saturated heterocycles. The third kappa shape index (κ3) is 2.34. The van der Waals surface area contributed by atoms with E-state index in [2.05, 4.69) is 16.8 Å². The molecule has 96 valence electrons. The van der Waals surface area contributed by atoms with Gasteiger partial charge in [0, 0.05) is 18.8 Å². The van der Waals surface area contributed by atoms with Gasteiger partial charge in [0.1, 0.15) is 10.8 Å². The Kier molecular flexibility index (Phi) is 2.98. The molecule has 3 rings (SSSR count). The first-order valence-corrected chi connectivity index (χ1v) is 7.09. The van der Waals surface area contributed by atoms with Crippen molar-refractivity contribution in [2.75, 3.05) is 11.4 Å². The number of aromatic nitrogens is 1. The van der Waals surface area contributed by atoms with Crippen LogP contribution < -0.4 is 10.6 Å². The number of aryl methyl sites for hydroxylation is 1. The summed E-state index contributed by atoms with van der Waals surface area (Å²) in [6.45, 7) is 3.18. The van der Waals surface area contributed by atoms with Crippen molar-refractivity contribution in [1.82, 2.24) is 4.98 Å². The lowest BCUT2D eigenvalue weighted by Gasteiger charge is -2.26. The molecule has 0 bridgehead atoms. The molecule has 0 aromatic carbocycles. The molecule has 2 fully saturated rings. The molecule has 0 unspecified atom stereocenters. The highest BCUT2D eigenvalue weighted by molar-refractivity contribution is 7.80. The topological polar surface area (TPSA) is 42.2 Å². The molecule has 18 heavy (non-hydrogen) atoms. The molecule has 3 nitrogen and oxygen atoms in total. The highest BCUT2D eigenvalue weighted by Gasteiger charge is 2.35. The largest absolute Gasteiger partial charge is 0.389 e. The lowest BCUT2D eigenvalue weighted by molar-refractivity contribution is 0.708. The maximum absolute atomic E-state index is 5.88. The standard InChI is InChI=1S/C14H19N3S/c1-9-6-7-16-14(12(9)13(15)18)17(11-4-5-11)8-10-2-3-10/h6-7,10-11H,2-5,8H2,1H3,(H2,15,18). The number of nitrogens with two attached hydrogens (primary N) is 1. The summed E-state index contributed by atoms with van der Waals surface area (Å²) in [7, 11) is 0. The van der Waals surface area contributed by atoms with Gasteiger partial charge in [-0.3, -0.25) is 0 Å². The van der Waals surface area contributed by atoms with E-state index in [4.69, 9.17) is 18.0 Å². The number of thiocarbonyl (C=S) groups is 1. The molecule has 1 aromatic heterocycles. The maximum Gasteiger partial charge on any atom is 0.139 e. The Morgan fingerprint density at radius 3 is 2.72 bits per heavy atom. The predicted molar refractivity (Wildman–Crippen MR) is 78.0 cm³/mol. The Hall–Kier alpha value is -1.16. The lowest BCUT2D eigenvalue weighted by Crippen LogP contribution is -2.31. The fourth-order valence-electron chi connectivity index (χ4n) is 2.44. The van der Waals surface area contributed by atoms with E-state index in [-0.39, 0.29) is 0 Å². The third-order valence-corrected chi connectivity index (χ3v) is 4.00. The van der Waals surface area contributed by atoms with E-state index in [1.807, 2.05) is 12.3 Å². The molecule has 2 N–H and O–H groups in total. The molecule has 0 spiro atoms. The molecule has 0 amide bonds. The molecule has 0 aliphatic heterocycles. The van der Waals surface area contributed by atoms with Gasteiger partial charge in [0.15, 0.2) is 0 Å². The summed E-state index contributed by atoms with van der Waals surface area (Å²) >= 11 is 5.20. The summed E-state index contributed by atoms with van der Waals surface area (Å²) in [5.74, 6) is 1.86. The van der Waals surface area contributed by atoms with Gasteiger partial charge in [0.25, 0.3) is 0 Å². The molecule has 1 heterocycles. The zero-order chi connectivity index (χ0) is 12.7. The quantitative estimate of drug-likeness (QED) is 0.827. The van der Waals surface area contributed by atoms with E-state index in [0.29, 0.717) is 11.0 Å². The molecular weight excluding hydrogens is 242 g/mol. The number of nitrogens with zero attached hydrogens (tertiary/aromatic N) is 2. The molecule has 2 aliphatic rings. The number of rotatable bonds is 5. The minimum atomic E-state index is 0.469. The molecule has 4 heteroatoms. The normalized spacial score (nSPS) is 18.7. The predicted octanol–water partition coefficient (Wildman–Crippen LogP) is 2.40. The molecular formula is C14H19N3S. The summed E-state index contributed by atoms with van der Waals surface area (Å²) in [6, 6.07) is 2.65. The van der Waals surface area contributed by atoms with Crippen LogP contribution in [0.15, 0.2) is 12.3 Å². The van der Waals surface area contributed by atoms with Gasteiger partial charge in [-0.25, -0.2) is 4.98 Å². The first-order chi connectivity index (χ1) is 8.66. The molecule has 0 atom stereocenters. The average Bonchev–Trinajstić information content (AvgIpc) is 3.17. The summed E-state index contributed by atoms with van der Waals surface area (Å²) in [5, 5.41) is 0. The molecule has 1 aromatic rings. The number of hydrogen-bond donors (Lipinski definition) is 1. The second kappa shape index (κ2) is 4.50. The van der Waals surface area contributed by atoms with Crippen LogP contribution in [0.2, 0.25) is 0 Å². The van der Waals surface area contributed by atoms with Crippen molar-refractivity contribution in [3.8, 4) is 0 Å². The number of hydrogen-bond acceptors (Lipinski definition) is 3. The molecule has 2 saturated carbocycles. The van der Waals surface area contributed by atoms with Gasteiger partial charge in [-0.2, -0.15) is 0 Å². The minimum Gasteiger partial charge on any atom is -0.389 e. The van der Waals surface area contributed by atoms with Crippen molar-refractivity contribution in [2.45, 2.75) is 38.6 Å². The lowest BCUT2D eigenvalue weighted by atomic mass is 10.1. The van der Waals surface area contributed by atoms with Crippen molar-refractivity contribution in [3.63, 3.8) is 0 Å². The zero-order valence-electron chi connectivity index (χ0n) is 10.7. The van der Waals surface area contributed by atoms with Crippen LogP contribution in [-0.4, -0.2) is 22.6 Å². The Morgan fingerprint density at radius 2 is 2.17 bits per heavy atom. The first-order valence-electron chi connectivity index (χ1n) is 6.69. The van der Waals surface area contributed by atoms with E-state index in [1.54, 1.807) is 0 Å². The SMILES string of the molecule is Cc1ccnc(N(CC2CC2)C2CC2)c1C(N)=S. The Bertz CT molecular complexity index is 478. The zero-order valence-corrected chi connectivity index (χ0v) is 11.5. The maximum atomic E-state index is 5.88. The van der Waals surface area contributed by atoms with Gasteiger partial charge in [0.05, 0.1) is 5.56 Å². The Labute approximate surface area is 113 Å². The fourth-order valence-corrected chi connectivity index (χ4v) is 2.69. The third-order valence-electron chi connectivity index (χ3n) is 3.80. The van der Waals surface area contributed by atoms with Gasteiger partial charge in [-0.05, 0) is 50.2 Å². The monoisotopic (exact) mass is 261 g/mol. The summed E-state index contributed by atoms with van der Waals surface area (Å²) in [5.41, 5.74) is 7.99. The van der Waals surface area contributed by atoms with Crippen LogP contribution >= 0.6 is 12.2 Å². The molecule has 0 radical (unpaired) electrons. The summed E-state index contributed by atoms with van der Waals surface area (Å²) in [4.78, 5) is 7.47. The van der Waals surface area contributed by atoms with E-state index in [9.17, 15) is 0 Å². The summed E-state index contributed by atoms with van der Waals surface area (Å²) in [6.07, 6.45) is 7.14. The fraction of sp³-hybridized carbons (Fsp3) is 0.571. The van der Waals surface area contributed by atoms with Crippen LogP contribution in [0.4, 0.5) is 5.82 Å². The van der Waals surface area contributed by atoms with Crippen molar-refractivity contribution in [3.05, 3.63) is 23.4 Å².